The second-order valence-electron chi connectivity index (χ2n) is 4.67. The third-order valence-electron chi connectivity index (χ3n) is 3.06. The first-order valence-electron chi connectivity index (χ1n) is 6.71. The monoisotopic (exact) mass is 332 g/mol. The van der Waals surface area contributed by atoms with Gasteiger partial charge in [0, 0.05) is 10.6 Å². The molecule has 0 amide bonds. The van der Waals surface area contributed by atoms with Crippen molar-refractivity contribution in [2.24, 2.45) is 0 Å². The second kappa shape index (κ2) is 6.90. The van der Waals surface area contributed by atoms with Gasteiger partial charge in [0.1, 0.15) is 11.5 Å². The van der Waals surface area contributed by atoms with Crippen LogP contribution in [-0.2, 0) is 11.5 Å². The summed E-state index contributed by atoms with van der Waals surface area (Å²) in [4.78, 5) is 12.3. The zero-order valence-corrected chi connectivity index (χ0v) is 13.2. The number of rotatable bonds is 6. The maximum absolute atomic E-state index is 12.3. The Morgan fingerprint density at radius 3 is 2.50 bits per heavy atom. The van der Waals surface area contributed by atoms with E-state index in [1.54, 1.807) is 48.4 Å². The lowest BCUT2D eigenvalue weighted by molar-refractivity contribution is 0.101. The number of carbonyl (C=O) groups is 1. The van der Waals surface area contributed by atoms with Gasteiger partial charge in [-0.1, -0.05) is 11.6 Å². The number of benzene rings is 1. The molecule has 3 aromatic rings. The van der Waals surface area contributed by atoms with Gasteiger partial charge in [0.15, 0.2) is 5.76 Å². The van der Waals surface area contributed by atoms with Crippen LogP contribution < -0.4 is 0 Å². The lowest BCUT2D eigenvalue weighted by Gasteiger charge is -1.99. The molecule has 112 valence electrons. The normalized spacial score (nSPS) is 10.8. The Labute approximate surface area is 137 Å². The summed E-state index contributed by atoms with van der Waals surface area (Å²) in [6, 6.07) is 14.1. The largest absolute Gasteiger partial charge is 0.468 e. The molecule has 0 aliphatic heterocycles. The first kappa shape index (κ1) is 15.0. The minimum Gasteiger partial charge on any atom is -0.468 e. The lowest BCUT2D eigenvalue weighted by atomic mass is 10.1. The highest BCUT2D eigenvalue weighted by Gasteiger charge is 2.13. The first-order valence-corrected chi connectivity index (χ1v) is 8.25. The van der Waals surface area contributed by atoms with Crippen LogP contribution in [0, 0.1) is 0 Å². The molecule has 22 heavy (non-hydrogen) atoms. The Kier molecular flexibility index (Phi) is 4.71. The fourth-order valence-electron chi connectivity index (χ4n) is 1.97. The van der Waals surface area contributed by atoms with Crippen LogP contribution >= 0.6 is 23.4 Å². The standard InChI is InChI=1S/C17H13ClO3S/c18-13-5-3-12(4-6-13)17(19)16-8-7-15(21-16)11-22-10-14-2-1-9-20-14/h1-9H,10-11H2. The minimum absolute atomic E-state index is 0.140. The summed E-state index contributed by atoms with van der Waals surface area (Å²) in [5.41, 5.74) is 0.563. The van der Waals surface area contributed by atoms with Crippen molar-refractivity contribution in [3.63, 3.8) is 0 Å². The Morgan fingerprint density at radius 2 is 1.77 bits per heavy atom. The maximum atomic E-state index is 12.3. The SMILES string of the molecule is O=C(c1ccc(Cl)cc1)c1ccc(CSCc2ccco2)o1. The molecule has 3 nitrogen and oxygen atoms in total. The second-order valence-corrected chi connectivity index (χ2v) is 6.10. The first-order chi connectivity index (χ1) is 10.7. The molecule has 0 fully saturated rings. The molecule has 0 radical (unpaired) electrons. The molecule has 0 saturated carbocycles. The van der Waals surface area contributed by atoms with E-state index in [1.807, 2.05) is 18.2 Å². The van der Waals surface area contributed by atoms with Gasteiger partial charge in [-0.2, -0.15) is 0 Å². The van der Waals surface area contributed by atoms with Gasteiger partial charge in [-0.3, -0.25) is 4.79 Å². The highest BCUT2D eigenvalue weighted by atomic mass is 35.5. The number of thioether (sulfide) groups is 1. The quantitative estimate of drug-likeness (QED) is 0.582. The van der Waals surface area contributed by atoms with Crippen molar-refractivity contribution in [3.05, 3.63) is 82.7 Å². The number of hydrogen-bond acceptors (Lipinski definition) is 4. The van der Waals surface area contributed by atoms with Crippen molar-refractivity contribution in [3.8, 4) is 0 Å². The molecule has 0 saturated heterocycles. The zero-order valence-electron chi connectivity index (χ0n) is 11.6. The van der Waals surface area contributed by atoms with E-state index < -0.39 is 0 Å². The number of ketones is 1. The minimum atomic E-state index is -0.140. The van der Waals surface area contributed by atoms with Crippen molar-refractivity contribution < 1.29 is 13.6 Å². The number of furan rings is 2. The number of carbonyl (C=O) groups excluding carboxylic acids is 1. The van der Waals surface area contributed by atoms with E-state index in [-0.39, 0.29) is 5.78 Å². The summed E-state index contributed by atoms with van der Waals surface area (Å²) in [6.45, 7) is 0. The molecular formula is C17H13ClO3S. The number of halogens is 1. The van der Waals surface area contributed by atoms with E-state index in [0.29, 0.717) is 22.1 Å². The summed E-state index contributed by atoms with van der Waals surface area (Å²) in [6.07, 6.45) is 1.66. The average molecular weight is 333 g/mol. The van der Waals surface area contributed by atoms with Crippen LogP contribution in [0.5, 0.6) is 0 Å². The smallest absolute Gasteiger partial charge is 0.228 e. The van der Waals surface area contributed by atoms with Crippen LogP contribution in [0.15, 0.2) is 63.6 Å². The van der Waals surface area contributed by atoms with Crippen molar-refractivity contribution in [1.29, 1.82) is 0 Å². The Morgan fingerprint density at radius 1 is 1.00 bits per heavy atom. The molecular weight excluding hydrogens is 320 g/mol. The van der Waals surface area contributed by atoms with Crippen molar-refractivity contribution >= 4 is 29.1 Å². The van der Waals surface area contributed by atoms with E-state index in [0.717, 1.165) is 17.3 Å². The molecule has 0 aliphatic carbocycles. The fraction of sp³-hybridized carbons (Fsp3) is 0.118. The highest BCUT2D eigenvalue weighted by Crippen LogP contribution is 2.21. The predicted molar refractivity (Wildman–Crippen MR) is 87.3 cm³/mol. The van der Waals surface area contributed by atoms with E-state index in [2.05, 4.69) is 0 Å². The molecule has 5 heteroatoms. The molecule has 0 spiro atoms. The Balaban J connectivity index is 1.60. The van der Waals surface area contributed by atoms with Gasteiger partial charge < -0.3 is 8.83 Å². The maximum Gasteiger partial charge on any atom is 0.228 e. The molecule has 1 aromatic carbocycles. The van der Waals surface area contributed by atoms with Crippen molar-refractivity contribution in [2.45, 2.75) is 11.5 Å². The van der Waals surface area contributed by atoms with E-state index in [4.69, 9.17) is 20.4 Å². The molecule has 2 aromatic heterocycles. The summed E-state index contributed by atoms with van der Waals surface area (Å²) in [5, 5.41) is 0.603. The van der Waals surface area contributed by atoms with Crippen molar-refractivity contribution in [2.75, 3.05) is 0 Å². The van der Waals surface area contributed by atoms with Gasteiger partial charge in [0.2, 0.25) is 5.78 Å². The highest BCUT2D eigenvalue weighted by molar-refractivity contribution is 7.97. The molecule has 0 atom stereocenters. The van der Waals surface area contributed by atoms with E-state index in [9.17, 15) is 4.79 Å². The number of hydrogen-bond donors (Lipinski definition) is 0. The summed E-state index contributed by atoms with van der Waals surface area (Å²) < 4.78 is 10.9. The molecule has 0 bridgehead atoms. The van der Waals surface area contributed by atoms with Crippen LogP contribution in [0.25, 0.3) is 0 Å². The Hall–Kier alpha value is -1.91. The van der Waals surface area contributed by atoms with E-state index in [1.165, 1.54) is 0 Å². The lowest BCUT2D eigenvalue weighted by Crippen LogP contribution is -1.98. The third kappa shape index (κ3) is 3.64. The predicted octanol–water partition coefficient (Wildman–Crippen LogP) is 5.19. The molecule has 2 heterocycles. The zero-order chi connectivity index (χ0) is 15.4. The molecule has 3 rings (SSSR count). The molecule has 0 unspecified atom stereocenters. The van der Waals surface area contributed by atoms with Crippen LogP contribution in [-0.4, -0.2) is 5.78 Å². The molecule has 0 N–H and O–H groups in total. The van der Waals surface area contributed by atoms with Gasteiger partial charge in [-0.15, -0.1) is 11.8 Å². The third-order valence-corrected chi connectivity index (χ3v) is 4.29. The summed E-state index contributed by atoms with van der Waals surface area (Å²) >= 11 is 7.49. The summed E-state index contributed by atoms with van der Waals surface area (Å²) in [7, 11) is 0. The van der Waals surface area contributed by atoms with Gasteiger partial charge in [-0.25, -0.2) is 0 Å². The van der Waals surface area contributed by atoms with E-state index >= 15 is 0 Å². The van der Waals surface area contributed by atoms with Crippen molar-refractivity contribution in [1.82, 2.24) is 0 Å². The van der Waals surface area contributed by atoms with Gasteiger partial charge in [0.25, 0.3) is 0 Å². The van der Waals surface area contributed by atoms with Crippen LogP contribution in [0.4, 0.5) is 0 Å². The van der Waals surface area contributed by atoms with Crippen LogP contribution in [0.2, 0.25) is 5.02 Å². The van der Waals surface area contributed by atoms with Gasteiger partial charge in [-0.05, 0) is 48.5 Å². The Bertz CT molecular complexity index is 745. The van der Waals surface area contributed by atoms with Gasteiger partial charge >= 0.3 is 0 Å². The topological polar surface area (TPSA) is 43.4 Å². The van der Waals surface area contributed by atoms with Gasteiger partial charge in [0.05, 0.1) is 17.8 Å². The van der Waals surface area contributed by atoms with Crippen LogP contribution in [0.3, 0.4) is 0 Å². The average Bonchev–Trinajstić information content (AvgIpc) is 3.19. The van der Waals surface area contributed by atoms with Crippen LogP contribution in [0.1, 0.15) is 27.6 Å². The molecule has 0 aliphatic rings. The fourth-order valence-corrected chi connectivity index (χ4v) is 2.92. The summed E-state index contributed by atoms with van der Waals surface area (Å²) in [5.74, 6) is 3.36.